The lowest BCUT2D eigenvalue weighted by atomic mass is 10.0. The van der Waals surface area contributed by atoms with Gasteiger partial charge in [0.1, 0.15) is 13.2 Å². The Bertz CT molecular complexity index is 1140. The van der Waals surface area contributed by atoms with Crippen LogP contribution in [0.25, 0.3) is 11.1 Å². The van der Waals surface area contributed by atoms with Crippen molar-refractivity contribution >= 4 is 24.0 Å². The zero-order valence-corrected chi connectivity index (χ0v) is 19.0. The summed E-state index contributed by atoms with van der Waals surface area (Å²) in [5, 5.41) is 0.647. The van der Waals surface area contributed by atoms with Crippen molar-refractivity contribution in [3.05, 3.63) is 113 Å². The van der Waals surface area contributed by atoms with Crippen molar-refractivity contribution in [2.45, 2.75) is 19.8 Å². The quantitative estimate of drug-likeness (QED) is 0.324. The van der Waals surface area contributed by atoms with Gasteiger partial charge >= 0.3 is 0 Å². The van der Waals surface area contributed by atoms with Crippen molar-refractivity contribution in [2.24, 2.45) is 5.73 Å². The monoisotopic (exact) mass is 466 g/mol. The summed E-state index contributed by atoms with van der Waals surface area (Å²) in [6.07, 6.45) is 0. The molecular formula is C26H24Cl2N2O2. The van der Waals surface area contributed by atoms with E-state index in [1.54, 1.807) is 0 Å². The van der Waals surface area contributed by atoms with E-state index >= 15 is 0 Å². The van der Waals surface area contributed by atoms with Crippen LogP contribution < -0.4 is 15.2 Å². The number of nitrogens with two attached hydrogens (primary N) is 1. The van der Waals surface area contributed by atoms with Gasteiger partial charge in [-0.25, -0.2) is 0 Å². The van der Waals surface area contributed by atoms with Crippen LogP contribution in [0, 0.1) is 0 Å². The summed E-state index contributed by atoms with van der Waals surface area (Å²) in [6, 6.07) is 29.5. The molecule has 2 N–H and O–H groups in total. The van der Waals surface area contributed by atoms with E-state index in [1.807, 2.05) is 91.0 Å². The molecule has 0 radical (unpaired) electrons. The van der Waals surface area contributed by atoms with Crippen LogP contribution in [-0.2, 0) is 19.8 Å². The Labute approximate surface area is 199 Å². The molecule has 4 nitrogen and oxygen atoms in total. The highest BCUT2D eigenvalue weighted by Crippen LogP contribution is 2.33. The first-order chi connectivity index (χ1) is 15.2. The third-order valence-electron chi connectivity index (χ3n) is 4.86. The fraction of sp³-hybridized carbons (Fsp3) is 0.115. The van der Waals surface area contributed by atoms with Gasteiger partial charge in [0, 0.05) is 23.2 Å². The van der Waals surface area contributed by atoms with Crippen LogP contribution in [0.1, 0.15) is 16.7 Å². The van der Waals surface area contributed by atoms with E-state index in [2.05, 4.69) is 4.98 Å². The summed E-state index contributed by atoms with van der Waals surface area (Å²) in [4.78, 5) is 4.65. The third-order valence-corrected chi connectivity index (χ3v) is 5.23. The molecule has 164 valence electrons. The van der Waals surface area contributed by atoms with E-state index in [9.17, 15) is 0 Å². The van der Waals surface area contributed by atoms with Crippen LogP contribution in [0.2, 0.25) is 5.02 Å². The van der Waals surface area contributed by atoms with Crippen LogP contribution in [-0.4, -0.2) is 4.98 Å². The predicted octanol–water partition coefficient (Wildman–Crippen LogP) is 6.44. The SMILES string of the molecule is Cl.NCc1cc(-c2ccc(OCc3ccccc3)nc2OCc2ccccc2)ccc1Cl. The molecule has 0 fully saturated rings. The first-order valence-electron chi connectivity index (χ1n) is 10.1. The van der Waals surface area contributed by atoms with Gasteiger partial charge in [-0.05, 0) is 40.5 Å². The number of hydrogen-bond acceptors (Lipinski definition) is 4. The molecule has 0 aliphatic carbocycles. The summed E-state index contributed by atoms with van der Waals surface area (Å²) in [7, 11) is 0. The molecule has 0 aliphatic heterocycles. The zero-order chi connectivity index (χ0) is 21.5. The Morgan fingerprint density at radius 1 is 0.750 bits per heavy atom. The van der Waals surface area contributed by atoms with E-state index in [0.29, 0.717) is 36.5 Å². The van der Waals surface area contributed by atoms with E-state index in [-0.39, 0.29) is 12.4 Å². The molecule has 0 unspecified atom stereocenters. The molecule has 0 amide bonds. The van der Waals surface area contributed by atoms with Gasteiger partial charge in [-0.2, -0.15) is 4.98 Å². The first-order valence-corrected chi connectivity index (χ1v) is 10.4. The topological polar surface area (TPSA) is 57.4 Å². The van der Waals surface area contributed by atoms with Crippen molar-refractivity contribution in [2.75, 3.05) is 0 Å². The number of nitrogens with zero attached hydrogens (tertiary/aromatic N) is 1. The highest BCUT2D eigenvalue weighted by atomic mass is 35.5. The van der Waals surface area contributed by atoms with Crippen LogP contribution in [0.4, 0.5) is 0 Å². The van der Waals surface area contributed by atoms with E-state index in [0.717, 1.165) is 27.8 Å². The van der Waals surface area contributed by atoms with Gasteiger partial charge < -0.3 is 15.2 Å². The highest BCUT2D eigenvalue weighted by molar-refractivity contribution is 6.31. The number of aromatic nitrogens is 1. The van der Waals surface area contributed by atoms with Crippen molar-refractivity contribution < 1.29 is 9.47 Å². The summed E-state index contributed by atoms with van der Waals surface area (Å²) in [5.41, 5.74) is 10.6. The lowest BCUT2D eigenvalue weighted by Gasteiger charge is -2.14. The minimum absolute atomic E-state index is 0. The second-order valence-corrected chi connectivity index (χ2v) is 7.47. The maximum atomic E-state index is 6.24. The van der Waals surface area contributed by atoms with Gasteiger partial charge in [0.25, 0.3) is 0 Å². The van der Waals surface area contributed by atoms with E-state index in [4.69, 9.17) is 26.8 Å². The molecule has 0 spiro atoms. The molecule has 4 rings (SSSR count). The van der Waals surface area contributed by atoms with Crippen molar-refractivity contribution in [1.82, 2.24) is 4.98 Å². The molecular weight excluding hydrogens is 443 g/mol. The number of pyridine rings is 1. The number of ether oxygens (including phenoxy) is 2. The summed E-state index contributed by atoms with van der Waals surface area (Å²) in [6.45, 7) is 1.20. The van der Waals surface area contributed by atoms with Crippen LogP contribution in [0.5, 0.6) is 11.8 Å². The minimum Gasteiger partial charge on any atom is -0.473 e. The Balaban J connectivity index is 0.00000289. The largest absolute Gasteiger partial charge is 0.473 e. The molecule has 0 bridgehead atoms. The molecule has 3 aromatic carbocycles. The maximum Gasteiger partial charge on any atom is 0.225 e. The molecule has 0 saturated carbocycles. The maximum absolute atomic E-state index is 6.24. The molecule has 1 heterocycles. The third kappa shape index (κ3) is 6.01. The molecule has 0 saturated heterocycles. The van der Waals surface area contributed by atoms with Gasteiger partial charge in [-0.1, -0.05) is 78.3 Å². The van der Waals surface area contributed by atoms with Crippen molar-refractivity contribution in [3.8, 4) is 22.9 Å². The number of rotatable bonds is 8. The van der Waals surface area contributed by atoms with Crippen LogP contribution in [0.3, 0.4) is 0 Å². The standard InChI is InChI=1S/C26H23ClN2O2.ClH/c27-24-13-11-21(15-22(24)16-28)23-12-14-25(30-17-19-7-3-1-4-8-19)29-26(23)31-18-20-9-5-2-6-10-20;/h1-15H,16-18,28H2;1H. The Hall–Kier alpha value is -3.05. The number of halogens is 2. The minimum atomic E-state index is 0. The van der Waals surface area contributed by atoms with Crippen LogP contribution in [0.15, 0.2) is 91.0 Å². The average molecular weight is 467 g/mol. The van der Waals surface area contributed by atoms with Crippen molar-refractivity contribution in [3.63, 3.8) is 0 Å². The summed E-state index contributed by atoms with van der Waals surface area (Å²) >= 11 is 6.24. The second kappa shape index (κ2) is 11.5. The molecule has 4 aromatic rings. The van der Waals surface area contributed by atoms with Gasteiger partial charge in [0.05, 0.1) is 0 Å². The molecule has 0 atom stereocenters. The highest BCUT2D eigenvalue weighted by Gasteiger charge is 2.13. The van der Waals surface area contributed by atoms with Gasteiger partial charge in [0.15, 0.2) is 0 Å². The lowest BCUT2D eigenvalue weighted by molar-refractivity contribution is 0.268. The second-order valence-electron chi connectivity index (χ2n) is 7.06. The lowest BCUT2D eigenvalue weighted by Crippen LogP contribution is -2.03. The number of benzene rings is 3. The molecule has 1 aromatic heterocycles. The smallest absolute Gasteiger partial charge is 0.225 e. The van der Waals surface area contributed by atoms with Crippen molar-refractivity contribution in [1.29, 1.82) is 0 Å². The van der Waals surface area contributed by atoms with Gasteiger partial charge in [-0.15, -0.1) is 12.4 Å². The Morgan fingerprint density at radius 3 is 2.00 bits per heavy atom. The van der Waals surface area contributed by atoms with Crippen LogP contribution >= 0.6 is 24.0 Å². The zero-order valence-electron chi connectivity index (χ0n) is 17.4. The average Bonchev–Trinajstić information content (AvgIpc) is 2.83. The normalized spacial score (nSPS) is 10.3. The predicted molar refractivity (Wildman–Crippen MR) is 131 cm³/mol. The molecule has 6 heteroatoms. The first kappa shape index (κ1) is 23.6. The molecule has 32 heavy (non-hydrogen) atoms. The van der Waals surface area contributed by atoms with Gasteiger partial charge in [-0.3, -0.25) is 0 Å². The molecule has 0 aliphatic rings. The summed E-state index contributed by atoms with van der Waals surface area (Å²) in [5.74, 6) is 1.00. The Morgan fingerprint density at radius 2 is 1.38 bits per heavy atom. The van der Waals surface area contributed by atoms with Gasteiger partial charge in [0.2, 0.25) is 11.8 Å². The fourth-order valence-electron chi connectivity index (χ4n) is 3.19. The number of hydrogen-bond donors (Lipinski definition) is 1. The fourth-order valence-corrected chi connectivity index (χ4v) is 3.38. The summed E-state index contributed by atoms with van der Waals surface area (Å²) < 4.78 is 12.0. The van der Waals surface area contributed by atoms with E-state index in [1.165, 1.54) is 0 Å². The van der Waals surface area contributed by atoms with E-state index < -0.39 is 0 Å². The Kier molecular flexibility index (Phi) is 8.51.